The van der Waals surface area contributed by atoms with Gasteiger partial charge in [0.05, 0.1) is 0 Å². The quantitative estimate of drug-likeness (QED) is 0.127. The first kappa shape index (κ1) is 31.7. The molecule has 0 aliphatic heterocycles. The molecule has 0 spiro atoms. The number of carbonyl (C=O) groups is 4. The minimum Gasteiger partial charge on any atom is -0.302 e. The normalized spacial score (nSPS) is 11.4. The molecule has 8 heteroatoms. The molecule has 0 saturated heterocycles. The Morgan fingerprint density at radius 1 is 0.600 bits per heavy atom. The van der Waals surface area contributed by atoms with E-state index in [1.54, 1.807) is 71.9 Å². The SMILES string of the molecule is Cc1cc(C)c(C(=O)P(=O)(C(=O)c2c(C)cc(C)c(C(=O)CCCl)c2C)c2ccccc2)c(C)c1C(=O)CCCl. The number of rotatable bonds is 11. The summed E-state index contributed by atoms with van der Waals surface area (Å²) >= 11 is 11.7. The van der Waals surface area contributed by atoms with Crippen LogP contribution in [0.5, 0.6) is 0 Å². The van der Waals surface area contributed by atoms with Crippen LogP contribution in [0.15, 0.2) is 42.5 Å². The van der Waals surface area contributed by atoms with Crippen LogP contribution in [0.25, 0.3) is 0 Å². The van der Waals surface area contributed by atoms with Gasteiger partial charge in [-0.1, -0.05) is 42.5 Å². The summed E-state index contributed by atoms with van der Waals surface area (Å²) in [6, 6.07) is 11.4. The number of hydrogen-bond acceptors (Lipinski definition) is 5. The van der Waals surface area contributed by atoms with Gasteiger partial charge in [-0.25, -0.2) is 0 Å². The fourth-order valence-electron chi connectivity index (χ4n) is 5.59. The number of Topliss-reactive ketones (excluding diaryl/α,β-unsaturated/α-hetero) is 2. The molecular weight excluding hydrogens is 566 g/mol. The number of ketones is 2. The maximum Gasteiger partial charge on any atom is 0.248 e. The van der Waals surface area contributed by atoms with Crippen LogP contribution < -0.4 is 5.30 Å². The molecule has 0 aliphatic carbocycles. The molecule has 0 saturated carbocycles. The third-order valence-corrected chi connectivity index (χ3v) is 10.3. The van der Waals surface area contributed by atoms with Crippen molar-refractivity contribution in [2.45, 2.75) is 54.4 Å². The Balaban J connectivity index is 2.37. The van der Waals surface area contributed by atoms with Gasteiger partial charge in [0.2, 0.25) is 18.2 Å². The molecule has 0 amide bonds. The van der Waals surface area contributed by atoms with E-state index in [2.05, 4.69) is 0 Å². The highest BCUT2D eigenvalue weighted by molar-refractivity contribution is 8.01. The molecule has 3 aromatic carbocycles. The summed E-state index contributed by atoms with van der Waals surface area (Å²) in [5.74, 6) is -0.223. The van der Waals surface area contributed by atoms with Gasteiger partial charge in [0.25, 0.3) is 0 Å². The first-order valence-electron chi connectivity index (χ1n) is 13.0. The number of hydrogen-bond donors (Lipinski definition) is 0. The van der Waals surface area contributed by atoms with Gasteiger partial charge in [0.1, 0.15) is 0 Å². The Hall–Kier alpha value is -2.85. The number of carbonyl (C=O) groups excluding carboxylic acids is 4. The zero-order valence-corrected chi connectivity index (χ0v) is 26.0. The Labute approximate surface area is 245 Å². The Morgan fingerprint density at radius 2 is 0.950 bits per heavy atom. The first-order valence-corrected chi connectivity index (χ1v) is 15.8. The lowest BCUT2D eigenvalue weighted by Crippen LogP contribution is -2.24. The fraction of sp³-hybridized carbons (Fsp3) is 0.312. The van der Waals surface area contributed by atoms with Crippen molar-refractivity contribution < 1.29 is 23.7 Å². The topological polar surface area (TPSA) is 85.3 Å². The van der Waals surface area contributed by atoms with Crippen LogP contribution in [0.1, 0.15) is 87.7 Å². The Morgan fingerprint density at radius 3 is 1.30 bits per heavy atom. The lowest BCUT2D eigenvalue weighted by molar-refractivity contribution is 0.0979. The average Bonchev–Trinajstić information content (AvgIpc) is 2.88. The van der Waals surface area contributed by atoms with E-state index in [9.17, 15) is 19.2 Å². The Bertz CT molecular complexity index is 1480. The zero-order valence-electron chi connectivity index (χ0n) is 23.6. The van der Waals surface area contributed by atoms with Crippen LogP contribution >= 0.6 is 30.3 Å². The van der Waals surface area contributed by atoms with Crippen molar-refractivity contribution >= 4 is 58.3 Å². The largest absolute Gasteiger partial charge is 0.302 e. The highest BCUT2D eigenvalue weighted by Crippen LogP contribution is 2.53. The second-order valence-electron chi connectivity index (χ2n) is 10.1. The molecule has 0 aromatic heterocycles. The van der Waals surface area contributed by atoms with Gasteiger partial charge in [-0.15, -0.1) is 23.2 Å². The summed E-state index contributed by atoms with van der Waals surface area (Å²) in [6.45, 7) is 10.2. The summed E-state index contributed by atoms with van der Waals surface area (Å²) in [4.78, 5) is 54.8. The van der Waals surface area contributed by atoms with Gasteiger partial charge >= 0.3 is 0 Å². The average molecular weight is 599 g/mol. The molecule has 0 aliphatic rings. The van der Waals surface area contributed by atoms with Crippen LogP contribution in [0.2, 0.25) is 0 Å². The van der Waals surface area contributed by atoms with Crippen molar-refractivity contribution in [2.24, 2.45) is 0 Å². The lowest BCUT2D eigenvalue weighted by Gasteiger charge is -2.23. The molecule has 0 unspecified atom stereocenters. The van der Waals surface area contributed by atoms with Gasteiger partial charge < -0.3 is 4.57 Å². The van der Waals surface area contributed by atoms with Crippen LogP contribution in [0, 0.1) is 41.5 Å². The molecule has 40 heavy (non-hydrogen) atoms. The molecule has 210 valence electrons. The van der Waals surface area contributed by atoms with Crippen molar-refractivity contribution in [2.75, 3.05) is 11.8 Å². The standard InChI is InChI=1S/C32H33Cl2O5P/c1-18-16-20(3)29(22(5)27(18)25(35)12-14-33)31(37)40(39,24-10-8-7-9-11-24)32(38)30-21(4)17-19(2)28(23(30)6)26(36)13-15-34/h7-11,16-17H,12-15H2,1-6H3. The molecule has 3 aromatic rings. The van der Waals surface area contributed by atoms with Crippen molar-refractivity contribution in [1.29, 1.82) is 0 Å². The molecular formula is C32H33Cl2O5P. The van der Waals surface area contributed by atoms with Crippen molar-refractivity contribution in [3.05, 3.63) is 98.1 Å². The summed E-state index contributed by atoms with van der Waals surface area (Å²) in [7, 11) is -4.52. The summed E-state index contributed by atoms with van der Waals surface area (Å²) in [5.41, 5.74) is 2.31. The molecule has 5 nitrogen and oxygen atoms in total. The minimum atomic E-state index is -4.52. The highest BCUT2D eigenvalue weighted by Gasteiger charge is 2.45. The number of halogens is 2. The van der Waals surface area contributed by atoms with E-state index >= 15 is 4.57 Å². The van der Waals surface area contributed by atoms with Crippen LogP contribution in [0.3, 0.4) is 0 Å². The smallest absolute Gasteiger partial charge is 0.248 e. The molecule has 0 heterocycles. The molecule has 0 atom stereocenters. The van der Waals surface area contributed by atoms with Crippen LogP contribution in [-0.4, -0.2) is 34.4 Å². The number of alkyl halides is 2. The van der Waals surface area contributed by atoms with E-state index in [-0.39, 0.29) is 52.6 Å². The van der Waals surface area contributed by atoms with Crippen LogP contribution in [-0.2, 0) is 4.57 Å². The van der Waals surface area contributed by atoms with E-state index in [0.29, 0.717) is 44.5 Å². The maximum absolute atomic E-state index is 15.1. The summed E-state index contributed by atoms with van der Waals surface area (Å²) in [6.07, 6.45) is 0.159. The first-order chi connectivity index (χ1) is 18.8. The Kier molecular flexibility index (Phi) is 10.1. The van der Waals surface area contributed by atoms with Gasteiger partial charge in [0, 0.05) is 52.2 Å². The third-order valence-electron chi connectivity index (χ3n) is 7.26. The highest BCUT2D eigenvalue weighted by atomic mass is 35.5. The van der Waals surface area contributed by atoms with E-state index in [4.69, 9.17) is 23.2 Å². The van der Waals surface area contributed by atoms with Crippen molar-refractivity contribution in [3.63, 3.8) is 0 Å². The van der Waals surface area contributed by atoms with E-state index in [1.807, 2.05) is 0 Å². The third kappa shape index (κ3) is 5.65. The monoisotopic (exact) mass is 598 g/mol. The second kappa shape index (κ2) is 12.8. The van der Waals surface area contributed by atoms with Crippen LogP contribution in [0.4, 0.5) is 0 Å². The predicted molar refractivity (Wildman–Crippen MR) is 163 cm³/mol. The van der Waals surface area contributed by atoms with E-state index < -0.39 is 18.2 Å². The molecule has 0 N–H and O–H groups in total. The van der Waals surface area contributed by atoms with Gasteiger partial charge in [0.15, 0.2) is 11.6 Å². The minimum absolute atomic E-state index is 0.0794. The molecule has 0 bridgehead atoms. The molecule has 0 fully saturated rings. The zero-order chi connectivity index (χ0) is 29.9. The van der Waals surface area contributed by atoms with Gasteiger partial charge in [-0.2, -0.15) is 0 Å². The van der Waals surface area contributed by atoms with Crippen molar-refractivity contribution in [1.82, 2.24) is 0 Å². The van der Waals surface area contributed by atoms with Gasteiger partial charge in [-0.3, -0.25) is 19.2 Å². The number of aryl methyl sites for hydroxylation is 4. The maximum atomic E-state index is 15.1. The van der Waals surface area contributed by atoms with Gasteiger partial charge in [-0.05, 0) is 74.9 Å². The number of benzene rings is 3. The summed E-state index contributed by atoms with van der Waals surface area (Å²) < 4.78 is 15.1. The second-order valence-corrected chi connectivity index (χ2v) is 13.4. The predicted octanol–water partition coefficient (Wildman–Crippen LogP) is 7.83. The lowest BCUT2D eigenvalue weighted by atomic mass is 9.91. The molecule has 3 rings (SSSR count). The molecule has 0 radical (unpaired) electrons. The fourth-order valence-corrected chi connectivity index (χ4v) is 8.50. The summed E-state index contributed by atoms with van der Waals surface area (Å²) in [5, 5.41) is 0.0889. The van der Waals surface area contributed by atoms with Crippen molar-refractivity contribution in [3.8, 4) is 0 Å². The van der Waals surface area contributed by atoms with E-state index in [0.717, 1.165) is 0 Å². The van der Waals surface area contributed by atoms with E-state index in [1.165, 1.54) is 12.1 Å².